The first kappa shape index (κ1) is 18.1. The Kier molecular flexibility index (Phi) is 4.97. The zero-order valence-electron chi connectivity index (χ0n) is 15.9. The molecule has 1 saturated carbocycles. The largest absolute Gasteiger partial charge is 0.361 e. The highest BCUT2D eigenvalue weighted by Gasteiger charge is 2.40. The Morgan fingerprint density at radius 2 is 2.04 bits per heavy atom. The second-order valence-corrected chi connectivity index (χ2v) is 7.84. The number of rotatable bonds is 4. The van der Waals surface area contributed by atoms with Crippen LogP contribution in [0.15, 0.2) is 4.52 Å². The number of likely N-dealkylation sites (tertiary alicyclic amines) is 1. The van der Waals surface area contributed by atoms with Crippen molar-refractivity contribution in [3.8, 4) is 0 Å². The van der Waals surface area contributed by atoms with Crippen LogP contribution in [0.1, 0.15) is 77.4 Å². The maximum absolute atomic E-state index is 13.7. The maximum Gasteiger partial charge on any atom is 0.259 e. The number of halogens is 1. The van der Waals surface area contributed by atoms with E-state index in [1.165, 1.54) is 19.3 Å². The summed E-state index contributed by atoms with van der Waals surface area (Å²) in [7, 11) is 0. The lowest BCUT2D eigenvalue weighted by atomic mass is 9.89. The summed E-state index contributed by atoms with van der Waals surface area (Å²) in [5.41, 5.74) is 1.05. The van der Waals surface area contributed by atoms with Crippen LogP contribution >= 0.6 is 0 Å². The molecule has 1 aliphatic heterocycles. The third kappa shape index (κ3) is 3.37. The molecular formula is C19H26FN5O2. The number of aromatic nitrogens is 4. The number of nitrogens with zero attached hydrogens (tertiary/aromatic N) is 4. The molecule has 2 aromatic rings. The Hall–Kier alpha value is -2.25. The van der Waals surface area contributed by atoms with Gasteiger partial charge in [-0.15, -0.1) is 0 Å². The molecule has 0 aromatic carbocycles. The summed E-state index contributed by atoms with van der Waals surface area (Å²) in [5, 5.41) is 11.3. The minimum absolute atomic E-state index is 0.154. The molecule has 3 heterocycles. The summed E-state index contributed by atoms with van der Waals surface area (Å²) in [6, 6.07) is 0. The average molecular weight is 375 g/mol. The van der Waals surface area contributed by atoms with Gasteiger partial charge in [0.1, 0.15) is 17.1 Å². The normalized spacial score (nSPS) is 23.9. The highest BCUT2D eigenvalue weighted by atomic mass is 19.1. The average Bonchev–Trinajstić information content (AvgIpc) is 3.40. The molecule has 27 heavy (non-hydrogen) atoms. The lowest BCUT2D eigenvalue weighted by Gasteiger charge is -2.18. The number of hydrogen-bond acceptors (Lipinski definition) is 5. The van der Waals surface area contributed by atoms with E-state index in [0.717, 1.165) is 18.7 Å². The van der Waals surface area contributed by atoms with Crippen LogP contribution in [-0.4, -0.2) is 50.9 Å². The molecule has 2 fully saturated rings. The Morgan fingerprint density at radius 1 is 1.26 bits per heavy atom. The van der Waals surface area contributed by atoms with Crippen LogP contribution in [0.25, 0.3) is 0 Å². The number of H-pyrrole nitrogens is 1. The van der Waals surface area contributed by atoms with Crippen molar-refractivity contribution in [2.24, 2.45) is 5.92 Å². The molecule has 1 amide bonds. The minimum Gasteiger partial charge on any atom is -0.361 e. The van der Waals surface area contributed by atoms with Crippen LogP contribution in [0.5, 0.6) is 0 Å². The number of alkyl halides is 1. The van der Waals surface area contributed by atoms with Gasteiger partial charge in [0.2, 0.25) is 0 Å². The van der Waals surface area contributed by atoms with Crippen molar-refractivity contribution in [2.45, 2.75) is 57.8 Å². The van der Waals surface area contributed by atoms with Crippen LogP contribution in [0.4, 0.5) is 4.39 Å². The Bertz CT molecular complexity index is 791. The van der Waals surface area contributed by atoms with Gasteiger partial charge in [0.15, 0.2) is 5.82 Å². The number of carbonyl (C=O) groups excluding carboxylic acids is 1. The molecule has 2 aliphatic rings. The number of hydrogen-bond donors (Lipinski definition) is 1. The molecule has 1 N–H and O–H groups in total. The third-order valence-electron chi connectivity index (χ3n) is 6.02. The van der Waals surface area contributed by atoms with Gasteiger partial charge in [-0.3, -0.25) is 14.3 Å². The molecule has 1 saturated heterocycles. The summed E-state index contributed by atoms with van der Waals surface area (Å²) in [5.74, 6) is 1.85. The smallest absolute Gasteiger partial charge is 0.259 e. The van der Waals surface area contributed by atoms with Gasteiger partial charge in [-0.2, -0.15) is 5.10 Å². The lowest BCUT2D eigenvalue weighted by Crippen LogP contribution is -2.30. The van der Waals surface area contributed by atoms with Crippen molar-refractivity contribution in [2.75, 3.05) is 19.8 Å². The van der Waals surface area contributed by atoms with Gasteiger partial charge in [-0.25, -0.2) is 4.98 Å². The topological polar surface area (TPSA) is 87.9 Å². The van der Waals surface area contributed by atoms with Gasteiger partial charge in [-0.05, 0) is 26.7 Å². The molecule has 0 unspecified atom stereocenters. The van der Waals surface area contributed by atoms with Crippen molar-refractivity contribution in [1.82, 2.24) is 25.2 Å². The monoisotopic (exact) mass is 375 g/mol. The van der Waals surface area contributed by atoms with E-state index in [9.17, 15) is 9.18 Å². The van der Waals surface area contributed by atoms with E-state index >= 15 is 0 Å². The Labute approximate surface area is 157 Å². The first-order valence-corrected chi connectivity index (χ1v) is 9.78. The number of aryl methyl sites for hydroxylation is 2. The molecule has 4 rings (SSSR count). The first-order valence-electron chi connectivity index (χ1n) is 9.78. The van der Waals surface area contributed by atoms with Crippen molar-refractivity contribution >= 4 is 5.91 Å². The number of amides is 1. The molecule has 0 spiro atoms. The highest BCUT2D eigenvalue weighted by Crippen LogP contribution is 2.35. The van der Waals surface area contributed by atoms with E-state index in [4.69, 9.17) is 9.51 Å². The molecule has 0 radical (unpaired) electrons. The fourth-order valence-corrected chi connectivity index (χ4v) is 4.45. The predicted octanol–water partition coefficient (Wildman–Crippen LogP) is 3.28. The van der Waals surface area contributed by atoms with E-state index in [2.05, 4.69) is 15.4 Å². The number of carbonyl (C=O) groups is 1. The molecule has 1 aliphatic carbocycles. The Morgan fingerprint density at radius 3 is 2.70 bits per heavy atom. The van der Waals surface area contributed by atoms with Gasteiger partial charge < -0.3 is 9.42 Å². The van der Waals surface area contributed by atoms with Crippen LogP contribution in [0.2, 0.25) is 0 Å². The van der Waals surface area contributed by atoms with Gasteiger partial charge in [-0.1, -0.05) is 24.4 Å². The van der Waals surface area contributed by atoms with Gasteiger partial charge in [0, 0.05) is 30.8 Å². The summed E-state index contributed by atoms with van der Waals surface area (Å²) >= 11 is 0. The van der Waals surface area contributed by atoms with E-state index in [-0.39, 0.29) is 17.7 Å². The first-order chi connectivity index (χ1) is 13.1. The van der Waals surface area contributed by atoms with Crippen LogP contribution < -0.4 is 0 Å². The molecule has 7 nitrogen and oxygen atoms in total. The summed E-state index contributed by atoms with van der Waals surface area (Å²) in [4.78, 5) is 19.3. The van der Waals surface area contributed by atoms with Crippen LogP contribution in [-0.2, 0) is 0 Å². The second kappa shape index (κ2) is 7.40. The minimum atomic E-state index is -0.491. The molecule has 2 aromatic heterocycles. The number of nitrogens with one attached hydrogen (secondary N) is 1. The van der Waals surface area contributed by atoms with Gasteiger partial charge >= 0.3 is 0 Å². The molecule has 2 atom stereocenters. The highest BCUT2D eigenvalue weighted by molar-refractivity contribution is 5.96. The van der Waals surface area contributed by atoms with Crippen molar-refractivity contribution in [1.29, 1.82) is 0 Å². The zero-order chi connectivity index (χ0) is 19.0. The third-order valence-corrected chi connectivity index (χ3v) is 6.02. The summed E-state index contributed by atoms with van der Waals surface area (Å²) in [6.07, 6.45) is 5.94. The maximum atomic E-state index is 13.7. The fourth-order valence-electron chi connectivity index (χ4n) is 4.45. The summed E-state index contributed by atoms with van der Waals surface area (Å²) < 4.78 is 18.8. The predicted molar refractivity (Wildman–Crippen MR) is 96.3 cm³/mol. The quantitative estimate of drug-likeness (QED) is 0.886. The second-order valence-electron chi connectivity index (χ2n) is 7.84. The van der Waals surface area contributed by atoms with E-state index in [0.29, 0.717) is 41.8 Å². The van der Waals surface area contributed by atoms with Crippen molar-refractivity contribution < 1.29 is 13.7 Å². The Balaban J connectivity index is 1.52. The van der Waals surface area contributed by atoms with Crippen LogP contribution in [0, 0.1) is 19.8 Å². The van der Waals surface area contributed by atoms with Gasteiger partial charge in [0.05, 0.1) is 12.4 Å². The van der Waals surface area contributed by atoms with Crippen LogP contribution in [0.3, 0.4) is 0 Å². The lowest BCUT2D eigenvalue weighted by molar-refractivity contribution is 0.0782. The molecule has 8 heteroatoms. The molecular weight excluding hydrogens is 349 g/mol. The van der Waals surface area contributed by atoms with E-state index in [1.54, 1.807) is 18.7 Å². The SMILES string of the molecule is Cc1noc(C)c1C(=O)N1C[C@@H](CF)[C@H](c2nc(C3CCCCC3)n[nH]2)C1. The molecule has 0 bridgehead atoms. The van der Waals surface area contributed by atoms with Crippen molar-refractivity contribution in [3.63, 3.8) is 0 Å². The fraction of sp³-hybridized carbons (Fsp3) is 0.684. The zero-order valence-corrected chi connectivity index (χ0v) is 15.9. The van der Waals surface area contributed by atoms with Crippen molar-refractivity contribution in [3.05, 3.63) is 28.7 Å². The van der Waals surface area contributed by atoms with Gasteiger partial charge in [0.25, 0.3) is 5.91 Å². The number of aromatic amines is 1. The molecule has 146 valence electrons. The van der Waals surface area contributed by atoms with E-state index < -0.39 is 6.67 Å². The standard InChI is InChI=1S/C19H26FN5O2/c1-11-16(12(2)27-24-11)19(26)25-9-14(8-20)15(10-25)18-21-17(22-23-18)13-6-4-3-5-7-13/h13-15H,3-10H2,1-2H3,(H,21,22,23)/t14-,15-/m1/s1. The van der Waals surface area contributed by atoms with E-state index in [1.807, 2.05) is 0 Å². The summed E-state index contributed by atoms with van der Waals surface area (Å²) in [6.45, 7) is 3.77.